The number of benzene rings is 3. The number of aryl methyl sites for hydroxylation is 1. The third-order valence-corrected chi connectivity index (χ3v) is 7.22. The van der Waals surface area contributed by atoms with Gasteiger partial charge >= 0.3 is 6.18 Å². The van der Waals surface area contributed by atoms with Gasteiger partial charge in [-0.1, -0.05) is 12.1 Å². The predicted octanol–water partition coefficient (Wildman–Crippen LogP) is 5.60. The van der Waals surface area contributed by atoms with Gasteiger partial charge < -0.3 is 20.9 Å². The van der Waals surface area contributed by atoms with Gasteiger partial charge in [-0.05, 0) is 86.6 Å². The number of amides is 1. The fourth-order valence-electron chi connectivity index (χ4n) is 4.95. The standard InChI is InChI=1S/C29H29F3N6O/c1-17-4-5-19(13-23(17)18-6-8-24-20(12-18)15-34-28(33)36-24)27(39)35-25-14-21(29(30,31)32)7-9-26(25)38-11-10-22(16-38)37(2)3/h4-9,12-15,22H,10-11,16H2,1-3H3,(H,35,39)(H2,33,34,36)/t22-/m1/s1. The first kappa shape index (κ1) is 26.4. The molecule has 7 nitrogen and oxygen atoms in total. The summed E-state index contributed by atoms with van der Waals surface area (Å²) < 4.78 is 40.7. The molecule has 1 saturated heterocycles. The van der Waals surface area contributed by atoms with Crippen LogP contribution in [0, 0.1) is 6.92 Å². The Morgan fingerprint density at radius 2 is 1.90 bits per heavy atom. The topological polar surface area (TPSA) is 87.4 Å². The number of alkyl halides is 3. The molecule has 5 rings (SSSR count). The fraction of sp³-hybridized carbons (Fsp3) is 0.276. The molecule has 0 bridgehead atoms. The summed E-state index contributed by atoms with van der Waals surface area (Å²) in [7, 11) is 3.97. The Hall–Kier alpha value is -4.18. The molecule has 39 heavy (non-hydrogen) atoms. The molecule has 1 aromatic heterocycles. The van der Waals surface area contributed by atoms with Gasteiger partial charge in [0.1, 0.15) is 0 Å². The van der Waals surface area contributed by atoms with Crippen molar-refractivity contribution in [1.82, 2.24) is 14.9 Å². The highest BCUT2D eigenvalue weighted by Crippen LogP contribution is 2.37. The smallest absolute Gasteiger partial charge is 0.368 e. The lowest BCUT2D eigenvalue weighted by Crippen LogP contribution is -2.31. The molecule has 4 aromatic rings. The fourth-order valence-corrected chi connectivity index (χ4v) is 4.95. The summed E-state index contributed by atoms with van der Waals surface area (Å²) in [6.45, 7) is 3.27. The average molecular weight is 535 g/mol. The Morgan fingerprint density at radius 1 is 1.10 bits per heavy atom. The van der Waals surface area contributed by atoms with E-state index < -0.39 is 17.6 Å². The molecule has 1 fully saturated rings. The van der Waals surface area contributed by atoms with Crippen molar-refractivity contribution in [3.63, 3.8) is 0 Å². The van der Waals surface area contributed by atoms with Gasteiger partial charge in [0.25, 0.3) is 5.91 Å². The van der Waals surface area contributed by atoms with Gasteiger partial charge in [0, 0.05) is 36.3 Å². The van der Waals surface area contributed by atoms with Crippen LogP contribution < -0.4 is 16.0 Å². The highest BCUT2D eigenvalue weighted by molar-refractivity contribution is 6.07. The van der Waals surface area contributed by atoms with Crippen molar-refractivity contribution in [2.45, 2.75) is 25.6 Å². The van der Waals surface area contributed by atoms with Gasteiger partial charge in [-0.25, -0.2) is 9.97 Å². The zero-order valence-corrected chi connectivity index (χ0v) is 21.9. The lowest BCUT2D eigenvalue weighted by atomic mass is 9.97. The van der Waals surface area contributed by atoms with Gasteiger partial charge in [0.05, 0.1) is 22.5 Å². The van der Waals surface area contributed by atoms with E-state index in [4.69, 9.17) is 5.73 Å². The Kier molecular flexibility index (Phi) is 6.90. The largest absolute Gasteiger partial charge is 0.416 e. The van der Waals surface area contributed by atoms with Crippen LogP contribution in [-0.2, 0) is 6.18 Å². The number of likely N-dealkylation sites (N-methyl/N-ethyl adjacent to an activating group) is 1. The molecule has 10 heteroatoms. The number of aromatic nitrogens is 2. The number of nitrogens with two attached hydrogens (primary N) is 1. The highest BCUT2D eigenvalue weighted by atomic mass is 19.4. The molecular formula is C29H29F3N6O. The number of anilines is 3. The van der Waals surface area contributed by atoms with Crippen molar-refractivity contribution in [3.8, 4) is 11.1 Å². The minimum absolute atomic E-state index is 0.136. The van der Waals surface area contributed by atoms with Crippen molar-refractivity contribution >= 4 is 34.1 Å². The van der Waals surface area contributed by atoms with Crippen LogP contribution in [0.1, 0.15) is 27.9 Å². The van der Waals surface area contributed by atoms with E-state index in [0.717, 1.165) is 40.6 Å². The molecule has 1 aliphatic heterocycles. The molecule has 1 atom stereocenters. The summed E-state index contributed by atoms with van der Waals surface area (Å²) in [5, 5.41) is 3.56. The first-order chi connectivity index (χ1) is 18.5. The second-order valence-corrected chi connectivity index (χ2v) is 10.1. The number of rotatable bonds is 5. The van der Waals surface area contributed by atoms with Gasteiger partial charge in [0.15, 0.2) is 0 Å². The molecule has 0 aliphatic carbocycles. The van der Waals surface area contributed by atoms with E-state index in [1.807, 2.05) is 50.2 Å². The molecule has 0 unspecified atom stereocenters. The summed E-state index contributed by atoms with van der Waals surface area (Å²) in [4.78, 5) is 25.8. The van der Waals surface area contributed by atoms with Crippen molar-refractivity contribution in [2.24, 2.45) is 0 Å². The number of halogens is 3. The minimum atomic E-state index is -4.53. The molecule has 3 aromatic carbocycles. The van der Waals surface area contributed by atoms with Crippen LogP contribution in [0.2, 0.25) is 0 Å². The molecule has 0 saturated carbocycles. The molecule has 0 radical (unpaired) electrons. The summed E-state index contributed by atoms with van der Waals surface area (Å²) in [6, 6.07) is 14.7. The summed E-state index contributed by atoms with van der Waals surface area (Å²) in [5.41, 5.74) is 9.23. The van der Waals surface area contributed by atoms with Crippen molar-refractivity contribution in [3.05, 3.63) is 77.5 Å². The lowest BCUT2D eigenvalue weighted by Gasteiger charge is -2.25. The third-order valence-electron chi connectivity index (χ3n) is 7.22. The number of nitrogens with one attached hydrogen (secondary N) is 1. The number of nitrogens with zero attached hydrogens (tertiary/aromatic N) is 4. The van der Waals surface area contributed by atoms with E-state index in [9.17, 15) is 18.0 Å². The predicted molar refractivity (Wildman–Crippen MR) is 148 cm³/mol. The SMILES string of the molecule is Cc1ccc(C(=O)Nc2cc(C(F)(F)F)ccc2N2CC[C@@H](N(C)C)C2)cc1-c1ccc2nc(N)ncc2c1. The lowest BCUT2D eigenvalue weighted by molar-refractivity contribution is -0.137. The summed E-state index contributed by atoms with van der Waals surface area (Å²) in [5.74, 6) is -0.303. The number of hydrogen-bond donors (Lipinski definition) is 2. The van der Waals surface area contributed by atoms with E-state index in [1.165, 1.54) is 6.07 Å². The zero-order valence-electron chi connectivity index (χ0n) is 21.9. The van der Waals surface area contributed by atoms with Crippen molar-refractivity contribution in [1.29, 1.82) is 0 Å². The normalized spacial score (nSPS) is 15.8. The van der Waals surface area contributed by atoms with Crippen LogP contribution in [0.4, 0.5) is 30.5 Å². The van der Waals surface area contributed by atoms with Gasteiger partial charge in [0.2, 0.25) is 5.95 Å². The maximum absolute atomic E-state index is 13.6. The first-order valence-corrected chi connectivity index (χ1v) is 12.6. The van der Waals surface area contributed by atoms with E-state index in [2.05, 4.69) is 20.2 Å². The molecule has 1 amide bonds. The second-order valence-electron chi connectivity index (χ2n) is 10.1. The molecule has 3 N–H and O–H groups in total. The Bertz CT molecular complexity index is 1550. The van der Waals surface area contributed by atoms with E-state index in [1.54, 1.807) is 18.3 Å². The quantitative estimate of drug-likeness (QED) is 0.347. The third kappa shape index (κ3) is 5.51. The molecule has 1 aliphatic rings. The van der Waals surface area contributed by atoms with Crippen LogP contribution in [0.25, 0.3) is 22.0 Å². The van der Waals surface area contributed by atoms with Crippen LogP contribution in [-0.4, -0.2) is 54.0 Å². The van der Waals surface area contributed by atoms with Gasteiger partial charge in [-0.15, -0.1) is 0 Å². The van der Waals surface area contributed by atoms with E-state index in [0.29, 0.717) is 29.9 Å². The maximum Gasteiger partial charge on any atom is 0.416 e. The van der Waals surface area contributed by atoms with E-state index >= 15 is 0 Å². The second kappa shape index (κ2) is 10.2. The maximum atomic E-state index is 13.6. The molecule has 2 heterocycles. The Morgan fingerprint density at radius 3 is 2.62 bits per heavy atom. The van der Waals surface area contributed by atoms with Crippen LogP contribution in [0.15, 0.2) is 60.8 Å². The molecule has 0 spiro atoms. The van der Waals surface area contributed by atoms with Crippen LogP contribution >= 0.6 is 0 Å². The van der Waals surface area contributed by atoms with Crippen LogP contribution in [0.5, 0.6) is 0 Å². The number of carbonyl (C=O) groups is 1. The Labute approximate surface area is 224 Å². The van der Waals surface area contributed by atoms with Gasteiger partial charge in [-0.2, -0.15) is 13.2 Å². The average Bonchev–Trinajstić information content (AvgIpc) is 3.39. The molecular weight excluding hydrogens is 505 g/mol. The number of hydrogen-bond acceptors (Lipinski definition) is 6. The van der Waals surface area contributed by atoms with E-state index in [-0.39, 0.29) is 17.7 Å². The summed E-state index contributed by atoms with van der Waals surface area (Å²) in [6.07, 6.45) is -2.01. The number of fused-ring (bicyclic) bond motifs is 1. The van der Waals surface area contributed by atoms with Crippen molar-refractivity contribution in [2.75, 3.05) is 43.1 Å². The zero-order chi connectivity index (χ0) is 27.9. The minimum Gasteiger partial charge on any atom is -0.368 e. The molecule has 202 valence electrons. The number of nitrogen functional groups attached to an aromatic ring is 1. The monoisotopic (exact) mass is 534 g/mol. The highest BCUT2D eigenvalue weighted by Gasteiger charge is 2.33. The van der Waals surface area contributed by atoms with Gasteiger partial charge in [-0.3, -0.25) is 4.79 Å². The van der Waals surface area contributed by atoms with Crippen LogP contribution in [0.3, 0.4) is 0 Å². The number of carbonyl (C=O) groups excluding carboxylic acids is 1. The Balaban J connectivity index is 1.47. The van der Waals surface area contributed by atoms with Crippen molar-refractivity contribution < 1.29 is 18.0 Å². The first-order valence-electron chi connectivity index (χ1n) is 12.6. The summed E-state index contributed by atoms with van der Waals surface area (Å²) >= 11 is 0.